The number of pyridine rings is 1. The normalized spacial score (nSPS) is 12.8. The fraction of sp³-hybridized carbons (Fsp3) is 0.0435. The summed E-state index contributed by atoms with van der Waals surface area (Å²) in [6, 6.07) is 21.1. The van der Waals surface area contributed by atoms with Gasteiger partial charge in [-0.1, -0.05) is 30.3 Å². The van der Waals surface area contributed by atoms with Crippen molar-refractivity contribution in [3.8, 4) is 10.4 Å². The van der Waals surface area contributed by atoms with E-state index in [-0.39, 0.29) is 12.1 Å². The van der Waals surface area contributed by atoms with E-state index in [9.17, 15) is 14.3 Å². The van der Waals surface area contributed by atoms with Gasteiger partial charge in [-0.15, -0.1) is 11.3 Å². The SMILES string of the molecule is Nc1ccc(-c2cccs2)cc1NC(=O)c1ccc(CP(=O)(O)c2ccccc2)nc1. The van der Waals surface area contributed by atoms with E-state index < -0.39 is 7.37 Å². The van der Waals surface area contributed by atoms with Crippen molar-refractivity contribution in [2.75, 3.05) is 11.1 Å². The highest BCUT2D eigenvalue weighted by molar-refractivity contribution is 7.65. The molecule has 2 heterocycles. The maximum atomic E-state index is 12.7. The lowest BCUT2D eigenvalue weighted by atomic mass is 10.1. The fourth-order valence-corrected chi connectivity index (χ4v) is 5.25. The highest BCUT2D eigenvalue weighted by atomic mass is 32.1. The number of rotatable bonds is 6. The molecule has 0 aliphatic rings. The lowest BCUT2D eigenvalue weighted by Crippen LogP contribution is -2.14. The molecule has 0 spiro atoms. The molecule has 0 aliphatic heterocycles. The summed E-state index contributed by atoms with van der Waals surface area (Å²) in [6.07, 6.45) is 1.30. The van der Waals surface area contributed by atoms with Gasteiger partial charge in [-0.2, -0.15) is 0 Å². The molecule has 1 unspecified atom stereocenters. The summed E-state index contributed by atoms with van der Waals surface area (Å²) in [6.45, 7) is 0. The van der Waals surface area contributed by atoms with E-state index in [4.69, 9.17) is 5.73 Å². The van der Waals surface area contributed by atoms with E-state index >= 15 is 0 Å². The first kappa shape index (κ1) is 21.0. The van der Waals surface area contributed by atoms with E-state index in [0.29, 0.717) is 27.9 Å². The third-order valence-electron chi connectivity index (χ3n) is 4.73. The number of nitrogen functional groups attached to an aromatic ring is 1. The standard InChI is InChI=1S/C23H20N3O3PS/c24-20-11-9-16(22-7-4-12-31-22)13-21(20)26-23(27)17-8-10-18(25-14-17)15-30(28,29)19-5-2-1-3-6-19/h1-14H,15,24H2,(H,26,27)(H,28,29). The number of aromatic nitrogens is 1. The van der Waals surface area contributed by atoms with Crippen molar-refractivity contribution >= 4 is 41.3 Å². The molecule has 2 aromatic heterocycles. The monoisotopic (exact) mass is 449 g/mol. The molecule has 4 rings (SSSR count). The number of thiophene rings is 1. The Morgan fingerprint density at radius 2 is 1.87 bits per heavy atom. The number of anilines is 2. The van der Waals surface area contributed by atoms with Crippen molar-refractivity contribution in [3.63, 3.8) is 0 Å². The number of nitrogens with zero attached hydrogens (tertiary/aromatic N) is 1. The molecule has 8 heteroatoms. The van der Waals surface area contributed by atoms with E-state index in [0.717, 1.165) is 10.4 Å². The van der Waals surface area contributed by atoms with Gasteiger partial charge in [0.15, 0.2) is 0 Å². The summed E-state index contributed by atoms with van der Waals surface area (Å²) in [5.41, 5.74) is 8.74. The molecule has 4 aromatic rings. The van der Waals surface area contributed by atoms with Crippen molar-refractivity contribution < 1.29 is 14.3 Å². The van der Waals surface area contributed by atoms with Crippen LogP contribution in [0, 0.1) is 0 Å². The van der Waals surface area contributed by atoms with Gasteiger partial charge in [-0.3, -0.25) is 14.3 Å². The molecule has 156 valence electrons. The first-order valence-electron chi connectivity index (χ1n) is 9.49. The zero-order valence-electron chi connectivity index (χ0n) is 16.4. The summed E-state index contributed by atoms with van der Waals surface area (Å²) < 4.78 is 12.6. The molecule has 4 N–H and O–H groups in total. The highest BCUT2D eigenvalue weighted by Gasteiger charge is 2.22. The van der Waals surface area contributed by atoms with Gasteiger partial charge < -0.3 is 15.9 Å². The van der Waals surface area contributed by atoms with Crippen molar-refractivity contribution in [1.82, 2.24) is 4.98 Å². The van der Waals surface area contributed by atoms with Gasteiger partial charge >= 0.3 is 0 Å². The third kappa shape index (κ3) is 4.91. The number of nitrogens with two attached hydrogens (primary N) is 1. The summed E-state index contributed by atoms with van der Waals surface area (Å²) in [5, 5.41) is 5.18. The molecule has 0 saturated heterocycles. The van der Waals surface area contributed by atoms with Crippen molar-refractivity contribution in [3.05, 3.63) is 95.6 Å². The second-order valence-electron chi connectivity index (χ2n) is 6.97. The number of benzene rings is 2. The van der Waals surface area contributed by atoms with E-state index in [1.165, 1.54) is 6.20 Å². The second-order valence-corrected chi connectivity index (χ2v) is 10.2. The lowest BCUT2D eigenvalue weighted by molar-refractivity contribution is 0.102. The third-order valence-corrected chi connectivity index (χ3v) is 7.51. The number of carbonyl (C=O) groups is 1. The summed E-state index contributed by atoms with van der Waals surface area (Å²) in [5.74, 6) is -0.357. The van der Waals surface area contributed by atoms with Gasteiger partial charge in [0.05, 0.1) is 28.8 Å². The van der Waals surface area contributed by atoms with Crippen molar-refractivity contribution in [2.24, 2.45) is 0 Å². The molecule has 31 heavy (non-hydrogen) atoms. The number of amides is 1. The van der Waals surface area contributed by atoms with Gasteiger partial charge in [-0.05, 0) is 53.4 Å². The van der Waals surface area contributed by atoms with Gasteiger partial charge in [0.25, 0.3) is 5.91 Å². The molecule has 0 aliphatic carbocycles. The van der Waals surface area contributed by atoms with Gasteiger partial charge in [0, 0.05) is 16.4 Å². The Hall–Kier alpha value is -3.25. The molecule has 0 radical (unpaired) electrons. The van der Waals surface area contributed by atoms with E-state index in [1.54, 1.807) is 59.9 Å². The van der Waals surface area contributed by atoms with Crippen LogP contribution in [0.15, 0.2) is 84.4 Å². The van der Waals surface area contributed by atoms with Gasteiger partial charge in [0.2, 0.25) is 7.37 Å². The lowest BCUT2D eigenvalue weighted by Gasteiger charge is -2.12. The van der Waals surface area contributed by atoms with Crippen LogP contribution < -0.4 is 16.4 Å². The van der Waals surface area contributed by atoms with Crippen molar-refractivity contribution in [2.45, 2.75) is 6.16 Å². The minimum Gasteiger partial charge on any atom is -0.397 e. The zero-order chi connectivity index (χ0) is 21.8. The summed E-state index contributed by atoms with van der Waals surface area (Å²) in [4.78, 5) is 28.3. The smallest absolute Gasteiger partial charge is 0.257 e. The van der Waals surface area contributed by atoms with Crippen LogP contribution in [0.2, 0.25) is 0 Å². The number of hydrogen-bond acceptors (Lipinski definition) is 5. The minimum atomic E-state index is -3.58. The molecule has 2 aromatic carbocycles. The van der Waals surface area contributed by atoms with Crippen LogP contribution in [-0.4, -0.2) is 15.8 Å². The number of nitrogens with one attached hydrogen (secondary N) is 1. The Balaban J connectivity index is 1.48. The number of hydrogen-bond donors (Lipinski definition) is 3. The maximum absolute atomic E-state index is 12.7. The largest absolute Gasteiger partial charge is 0.397 e. The molecule has 6 nitrogen and oxygen atoms in total. The molecule has 0 fully saturated rings. The average Bonchev–Trinajstić information content (AvgIpc) is 3.31. The van der Waals surface area contributed by atoms with Crippen LogP contribution in [0.25, 0.3) is 10.4 Å². The predicted octanol–water partition coefficient (Wildman–Crippen LogP) is 4.74. The predicted molar refractivity (Wildman–Crippen MR) is 126 cm³/mol. The topological polar surface area (TPSA) is 105 Å². The Morgan fingerprint density at radius 3 is 2.55 bits per heavy atom. The maximum Gasteiger partial charge on any atom is 0.257 e. The molecule has 0 bridgehead atoms. The van der Waals surface area contributed by atoms with Crippen LogP contribution >= 0.6 is 18.7 Å². The zero-order valence-corrected chi connectivity index (χ0v) is 18.1. The van der Waals surface area contributed by atoms with Crippen LogP contribution in [-0.2, 0) is 10.7 Å². The Labute approximate surface area is 183 Å². The highest BCUT2D eigenvalue weighted by Crippen LogP contribution is 2.42. The van der Waals surface area contributed by atoms with Gasteiger partial charge in [-0.25, -0.2) is 0 Å². The fourth-order valence-electron chi connectivity index (χ4n) is 3.08. The summed E-state index contributed by atoms with van der Waals surface area (Å²) in [7, 11) is -3.58. The molecular formula is C23H20N3O3PS. The molecule has 1 atom stereocenters. The average molecular weight is 449 g/mol. The first-order chi connectivity index (χ1) is 14.9. The van der Waals surface area contributed by atoms with E-state index in [1.807, 2.05) is 29.6 Å². The van der Waals surface area contributed by atoms with E-state index in [2.05, 4.69) is 10.3 Å². The van der Waals surface area contributed by atoms with Gasteiger partial charge in [0.1, 0.15) is 0 Å². The molecule has 0 saturated carbocycles. The Bertz CT molecular complexity index is 1240. The molecular weight excluding hydrogens is 429 g/mol. The first-order valence-corrected chi connectivity index (χ1v) is 12.2. The number of carbonyl (C=O) groups excluding carboxylic acids is 1. The van der Waals surface area contributed by atoms with Crippen molar-refractivity contribution in [1.29, 1.82) is 0 Å². The van der Waals surface area contributed by atoms with Crippen LogP contribution in [0.5, 0.6) is 0 Å². The Kier molecular flexibility index (Phi) is 6.00. The minimum absolute atomic E-state index is 0.102. The molecule has 1 amide bonds. The quantitative estimate of drug-likeness (QED) is 0.291. The van der Waals surface area contributed by atoms with Crippen LogP contribution in [0.3, 0.4) is 0 Å². The Morgan fingerprint density at radius 1 is 1.06 bits per heavy atom. The van der Waals surface area contributed by atoms with Crippen LogP contribution in [0.4, 0.5) is 11.4 Å². The second kappa shape index (κ2) is 8.86. The van der Waals surface area contributed by atoms with Crippen LogP contribution in [0.1, 0.15) is 16.1 Å². The summed E-state index contributed by atoms with van der Waals surface area (Å²) >= 11 is 1.60.